The summed E-state index contributed by atoms with van der Waals surface area (Å²) in [4.78, 5) is 0.702. The molecule has 0 bridgehead atoms. The molecule has 0 fully saturated rings. The van der Waals surface area contributed by atoms with Crippen LogP contribution in [0.15, 0.2) is 27.6 Å². The molecule has 2 aromatic rings. The third kappa shape index (κ3) is 3.01. The molecule has 0 radical (unpaired) electrons. The number of aromatic nitrogens is 2. The molecule has 0 aliphatic heterocycles. The fraction of sp³-hybridized carbons (Fsp3) is 0.250. The lowest BCUT2D eigenvalue weighted by atomic mass is 10.3. The summed E-state index contributed by atoms with van der Waals surface area (Å²) in [7, 11) is 0.563. The predicted octanol–water partition coefficient (Wildman–Crippen LogP) is 3.03. The van der Waals surface area contributed by atoms with Crippen LogP contribution in [0, 0.1) is 6.92 Å². The number of nitrogens with two attached hydrogens (primary N) is 1. The molecule has 102 valence electrons. The molecule has 1 unspecified atom stereocenters. The lowest BCUT2D eigenvalue weighted by Crippen LogP contribution is -1.99. The zero-order chi connectivity index (χ0) is 14.2. The molecule has 4 nitrogen and oxygen atoms in total. The molecule has 0 aliphatic rings. The van der Waals surface area contributed by atoms with E-state index < -0.39 is 10.8 Å². The van der Waals surface area contributed by atoms with E-state index in [4.69, 9.17) is 17.3 Å². The molecule has 1 aromatic carbocycles. The summed E-state index contributed by atoms with van der Waals surface area (Å²) < 4.78 is 14.7. The molecule has 1 heterocycles. The molecule has 0 saturated heterocycles. The van der Waals surface area contributed by atoms with Crippen LogP contribution in [0.3, 0.4) is 0 Å². The number of anilines is 1. The highest BCUT2D eigenvalue weighted by Gasteiger charge is 2.16. The molecule has 0 aliphatic carbocycles. The van der Waals surface area contributed by atoms with Gasteiger partial charge in [-0.1, -0.05) is 11.6 Å². The molecule has 19 heavy (non-hydrogen) atoms. The van der Waals surface area contributed by atoms with Crippen molar-refractivity contribution >= 4 is 44.0 Å². The molecular formula is C12H13BrClN3OS. The standard InChI is InChI=1S/C12H13BrClN3OS/c1-7-9(12(14)17(2)16-7)6-19(18)11-4-3-8(15)5-10(11)13/h3-5H,6,15H2,1-2H3. The predicted molar refractivity (Wildman–Crippen MR) is 81.6 cm³/mol. The molecule has 1 atom stereocenters. The number of hydrogen-bond donors (Lipinski definition) is 1. The highest BCUT2D eigenvalue weighted by atomic mass is 79.9. The number of nitrogen functional groups attached to an aromatic ring is 1. The maximum Gasteiger partial charge on any atom is 0.131 e. The first kappa shape index (κ1) is 14.6. The van der Waals surface area contributed by atoms with Crippen LogP contribution in [0.25, 0.3) is 0 Å². The topological polar surface area (TPSA) is 60.9 Å². The second kappa shape index (κ2) is 5.64. The Hall–Kier alpha value is -0.850. The molecular weight excluding hydrogens is 350 g/mol. The van der Waals surface area contributed by atoms with Crippen molar-refractivity contribution in [3.63, 3.8) is 0 Å². The Labute approximate surface area is 127 Å². The van der Waals surface area contributed by atoms with Crippen molar-refractivity contribution < 1.29 is 4.21 Å². The fourth-order valence-electron chi connectivity index (χ4n) is 1.75. The van der Waals surface area contributed by atoms with Gasteiger partial charge in [0.2, 0.25) is 0 Å². The number of rotatable bonds is 3. The quantitative estimate of drug-likeness (QED) is 0.854. The maximum absolute atomic E-state index is 12.4. The first-order valence-electron chi connectivity index (χ1n) is 5.51. The minimum atomic E-state index is -1.20. The Morgan fingerprint density at radius 2 is 2.21 bits per heavy atom. The van der Waals surface area contributed by atoms with Crippen molar-refractivity contribution in [1.29, 1.82) is 0 Å². The lowest BCUT2D eigenvalue weighted by molar-refractivity contribution is 0.682. The van der Waals surface area contributed by atoms with Crippen molar-refractivity contribution in [1.82, 2.24) is 9.78 Å². The van der Waals surface area contributed by atoms with Gasteiger partial charge in [0.15, 0.2) is 0 Å². The van der Waals surface area contributed by atoms with E-state index in [9.17, 15) is 4.21 Å². The van der Waals surface area contributed by atoms with E-state index in [0.29, 0.717) is 21.5 Å². The third-order valence-electron chi connectivity index (χ3n) is 2.75. The highest BCUT2D eigenvalue weighted by Crippen LogP contribution is 2.27. The maximum atomic E-state index is 12.4. The van der Waals surface area contributed by atoms with Crippen molar-refractivity contribution in [2.45, 2.75) is 17.6 Å². The fourth-order valence-corrected chi connectivity index (χ4v) is 4.27. The number of benzene rings is 1. The van der Waals surface area contributed by atoms with E-state index in [-0.39, 0.29) is 0 Å². The Morgan fingerprint density at radius 3 is 2.74 bits per heavy atom. The van der Waals surface area contributed by atoms with Crippen molar-refractivity contribution in [3.05, 3.63) is 39.1 Å². The van der Waals surface area contributed by atoms with Crippen LogP contribution in [-0.2, 0) is 23.6 Å². The van der Waals surface area contributed by atoms with Crippen LogP contribution in [0.5, 0.6) is 0 Å². The first-order chi connectivity index (χ1) is 8.90. The third-order valence-corrected chi connectivity index (χ3v) is 5.54. The summed E-state index contributed by atoms with van der Waals surface area (Å²) in [6.45, 7) is 1.86. The SMILES string of the molecule is Cc1nn(C)c(Cl)c1CS(=O)c1ccc(N)cc1Br. The van der Waals surface area contributed by atoms with E-state index >= 15 is 0 Å². The Balaban J connectivity index is 2.31. The van der Waals surface area contributed by atoms with Crippen LogP contribution >= 0.6 is 27.5 Å². The molecule has 0 saturated carbocycles. The Kier molecular flexibility index (Phi) is 4.32. The van der Waals surface area contributed by atoms with Gasteiger partial charge in [-0.3, -0.25) is 8.89 Å². The monoisotopic (exact) mass is 361 g/mol. The van der Waals surface area contributed by atoms with Gasteiger partial charge in [0.1, 0.15) is 5.15 Å². The summed E-state index contributed by atoms with van der Waals surface area (Å²) in [6.07, 6.45) is 0. The van der Waals surface area contributed by atoms with Gasteiger partial charge >= 0.3 is 0 Å². The second-order valence-electron chi connectivity index (χ2n) is 4.16. The molecule has 0 amide bonds. The number of aryl methyl sites for hydroxylation is 2. The van der Waals surface area contributed by atoms with Crippen LogP contribution in [0.4, 0.5) is 5.69 Å². The second-order valence-corrected chi connectivity index (χ2v) is 6.79. The van der Waals surface area contributed by atoms with Gasteiger partial charge in [0.25, 0.3) is 0 Å². The van der Waals surface area contributed by atoms with Crippen LogP contribution in [0.1, 0.15) is 11.3 Å². The molecule has 0 spiro atoms. The average molecular weight is 363 g/mol. The zero-order valence-electron chi connectivity index (χ0n) is 10.5. The number of nitrogens with zero attached hydrogens (tertiary/aromatic N) is 2. The van der Waals surface area contributed by atoms with Gasteiger partial charge in [-0.15, -0.1) is 0 Å². The van der Waals surface area contributed by atoms with Gasteiger partial charge < -0.3 is 5.73 Å². The van der Waals surface area contributed by atoms with E-state index in [1.807, 2.05) is 6.92 Å². The van der Waals surface area contributed by atoms with E-state index in [0.717, 1.165) is 15.7 Å². The molecule has 2 N–H and O–H groups in total. The van der Waals surface area contributed by atoms with E-state index in [1.54, 1.807) is 29.9 Å². The van der Waals surface area contributed by atoms with E-state index in [1.165, 1.54) is 0 Å². The minimum absolute atomic E-state index is 0.334. The summed E-state index contributed by atoms with van der Waals surface area (Å²) in [6, 6.07) is 5.23. The number of hydrogen-bond acceptors (Lipinski definition) is 3. The summed E-state index contributed by atoms with van der Waals surface area (Å²) >= 11 is 9.52. The highest BCUT2D eigenvalue weighted by molar-refractivity contribution is 9.10. The van der Waals surface area contributed by atoms with Crippen LogP contribution in [0.2, 0.25) is 5.15 Å². The molecule has 7 heteroatoms. The van der Waals surface area contributed by atoms with Gasteiger partial charge in [-0.25, -0.2) is 0 Å². The van der Waals surface area contributed by atoms with Crippen molar-refractivity contribution in [2.75, 3.05) is 5.73 Å². The van der Waals surface area contributed by atoms with Crippen molar-refractivity contribution in [3.8, 4) is 0 Å². The molecule has 2 rings (SSSR count). The Bertz CT molecular complexity index is 657. The van der Waals surface area contributed by atoms with E-state index in [2.05, 4.69) is 21.0 Å². The smallest absolute Gasteiger partial charge is 0.131 e. The van der Waals surface area contributed by atoms with Gasteiger partial charge in [0, 0.05) is 22.8 Å². The first-order valence-corrected chi connectivity index (χ1v) is 8.00. The van der Waals surface area contributed by atoms with Crippen molar-refractivity contribution in [2.24, 2.45) is 7.05 Å². The van der Waals surface area contributed by atoms with Gasteiger partial charge in [-0.05, 0) is 41.1 Å². The zero-order valence-corrected chi connectivity index (χ0v) is 13.6. The number of halogens is 2. The minimum Gasteiger partial charge on any atom is -0.399 e. The summed E-state index contributed by atoms with van der Waals surface area (Å²) in [5.41, 5.74) is 7.91. The average Bonchev–Trinajstić information content (AvgIpc) is 2.56. The van der Waals surface area contributed by atoms with Crippen LogP contribution in [-0.4, -0.2) is 14.0 Å². The summed E-state index contributed by atoms with van der Waals surface area (Å²) in [5.74, 6) is 0.334. The lowest BCUT2D eigenvalue weighted by Gasteiger charge is -2.06. The summed E-state index contributed by atoms with van der Waals surface area (Å²) in [5, 5.41) is 4.74. The van der Waals surface area contributed by atoms with Gasteiger partial charge in [0.05, 0.1) is 27.1 Å². The Morgan fingerprint density at radius 1 is 1.53 bits per heavy atom. The van der Waals surface area contributed by atoms with Crippen LogP contribution < -0.4 is 5.73 Å². The van der Waals surface area contributed by atoms with Gasteiger partial charge in [-0.2, -0.15) is 5.10 Å². The normalized spacial score (nSPS) is 12.6. The largest absolute Gasteiger partial charge is 0.399 e. The molecule has 1 aromatic heterocycles.